The van der Waals surface area contributed by atoms with Crippen molar-refractivity contribution in [2.75, 3.05) is 20.8 Å². The van der Waals surface area contributed by atoms with Gasteiger partial charge in [0.05, 0.1) is 14.2 Å². The number of hydrogen-bond donors (Lipinski definition) is 1. The molecule has 110 valence electrons. The largest absolute Gasteiger partial charge is 0.497 e. The predicted octanol–water partition coefficient (Wildman–Crippen LogP) is 2.07. The summed E-state index contributed by atoms with van der Waals surface area (Å²) in [6, 6.07) is 9.02. The first-order valence-corrected chi connectivity index (χ1v) is 6.63. The summed E-state index contributed by atoms with van der Waals surface area (Å²) in [6.45, 7) is 0.532. The van der Waals surface area contributed by atoms with Crippen molar-refractivity contribution >= 4 is 5.91 Å². The SMILES string of the molecule is COc1ccc(CCNC(=O)c2ccncc2)c(OC)c1. The minimum absolute atomic E-state index is 0.107. The van der Waals surface area contributed by atoms with Crippen LogP contribution in [-0.4, -0.2) is 31.7 Å². The van der Waals surface area contributed by atoms with Crippen molar-refractivity contribution in [3.8, 4) is 11.5 Å². The van der Waals surface area contributed by atoms with Crippen LogP contribution in [0.4, 0.5) is 0 Å². The molecule has 1 N–H and O–H groups in total. The van der Waals surface area contributed by atoms with Gasteiger partial charge in [-0.15, -0.1) is 0 Å². The number of methoxy groups -OCH3 is 2. The zero-order chi connectivity index (χ0) is 15.1. The van der Waals surface area contributed by atoms with E-state index in [-0.39, 0.29) is 5.91 Å². The van der Waals surface area contributed by atoms with Gasteiger partial charge in [-0.2, -0.15) is 0 Å². The first-order chi connectivity index (χ1) is 10.2. The third kappa shape index (κ3) is 3.95. The third-order valence-corrected chi connectivity index (χ3v) is 3.12. The molecule has 0 bridgehead atoms. The molecule has 5 nitrogen and oxygen atoms in total. The molecule has 0 unspecified atom stereocenters. The maximum atomic E-state index is 11.9. The van der Waals surface area contributed by atoms with Gasteiger partial charge in [0.15, 0.2) is 0 Å². The van der Waals surface area contributed by atoms with Gasteiger partial charge in [-0.25, -0.2) is 0 Å². The van der Waals surface area contributed by atoms with Gasteiger partial charge in [0.2, 0.25) is 0 Å². The lowest BCUT2D eigenvalue weighted by molar-refractivity contribution is 0.0954. The Morgan fingerprint density at radius 2 is 1.90 bits per heavy atom. The molecule has 0 spiro atoms. The Morgan fingerprint density at radius 1 is 1.14 bits per heavy atom. The summed E-state index contributed by atoms with van der Waals surface area (Å²) in [5.74, 6) is 1.40. The van der Waals surface area contributed by atoms with E-state index in [2.05, 4.69) is 10.3 Å². The maximum Gasteiger partial charge on any atom is 0.251 e. The van der Waals surface area contributed by atoms with E-state index in [0.29, 0.717) is 18.5 Å². The van der Waals surface area contributed by atoms with Gasteiger partial charge < -0.3 is 14.8 Å². The lowest BCUT2D eigenvalue weighted by atomic mass is 10.1. The van der Waals surface area contributed by atoms with Crippen molar-refractivity contribution in [3.63, 3.8) is 0 Å². The Kier molecular flexibility index (Phi) is 5.15. The van der Waals surface area contributed by atoms with E-state index in [9.17, 15) is 4.79 Å². The molecular weight excluding hydrogens is 268 g/mol. The molecule has 5 heteroatoms. The summed E-state index contributed by atoms with van der Waals surface area (Å²) >= 11 is 0. The average molecular weight is 286 g/mol. The Morgan fingerprint density at radius 3 is 2.57 bits per heavy atom. The van der Waals surface area contributed by atoms with E-state index in [1.165, 1.54) is 0 Å². The standard InChI is InChI=1S/C16H18N2O3/c1-20-14-4-3-12(15(11-14)21-2)7-10-18-16(19)13-5-8-17-9-6-13/h3-6,8-9,11H,7,10H2,1-2H3,(H,18,19). The second-order valence-corrected chi connectivity index (χ2v) is 4.42. The highest BCUT2D eigenvalue weighted by Gasteiger charge is 2.07. The molecule has 0 fully saturated rings. The molecule has 1 aromatic heterocycles. The molecule has 2 aromatic rings. The van der Waals surface area contributed by atoms with Crippen LogP contribution < -0.4 is 14.8 Å². The second-order valence-electron chi connectivity index (χ2n) is 4.42. The molecule has 0 atom stereocenters. The van der Waals surface area contributed by atoms with Crippen molar-refractivity contribution in [2.45, 2.75) is 6.42 Å². The Labute approximate surface area is 123 Å². The van der Waals surface area contributed by atoms with Crippen molar-refractivity contribution in [1.82, 2.24) is 10.3 Å². The molecule has 21 heavy (non-hydrogen) atoms. The number of nitrogens with one attached hydrogen (secondary N) is 1. The normalized spacial score (nSPS) is 10.0. The minimum atomic E-state index is -0.107. The van der Waals surface area contributed by atoms with Crippen molar-refractivity contribution in [2.24, 2.45) is 0 Å². The van der Waals surface area contributed by atoms with Crippen molar-refractivity contribution in [1.29, 1.82) is 0 Å². The maximum absolute atomic E-state index is 11.9. The van der Waals surface area contributed by atoms with Crippen LogP contribution in [0.3, 0.4) is 0 Å². The van der Waals surface area contributed by atoms with E-state index in [4.69, 9.17) is 9.47 Å². The number of hydrogen-bond acceptors (Lipinski definition) is 4. The third-order valence-electron chi connectivity index (χ3n) is 3.12. The number of carbonyl (C=O) groups excluding carboxylic acids is 1. The summed E-state index contributed by atoms with van der Waals surface area (Å²) in [7, 11) is 3.23. The zero-order valence-electron chi connectivity index (χ0n) is 12.1. The lowest BCUT2D eigenvalue weighted by Crippen LogP contribution is -2.25. The molecule has 1 aromatic carbocycles. The van der Waals surface area contributed by atoms with Gasteiger partial charge in [-0.1, -0.05) is 6.07 Å². The monoisotopic (exact) mass is 286 g/mol. The van der Waals surface area contributed by atoms with Gasteiger partial charge in [-0.05, 0) is 30.2 Å². The topological polar surface area (TPSA) is 60.5 Å². The van der Waals surface area contributed by atoms with Gasteiger partial charge in [0.1, 0.15) is 11.5 Å². The molecule has 0 aliphatic heterocycles. The Balaban J connectivity index is 1.93. The zero-order valence-corrected chi connectivity index (χ0v) is 12.1. The number of aromatic nitrogens is 1. The summed E-state index contributed by atoms with van der Waals surface area (Å²) in [5.41, 5.74) is 1.63. The van der Waals surface area contributed by atoms with Crippen LogP contribution in [0, 0.1) is 0 Å². The molecular formula is C16H18N2O3. The van der Waals surface area contributed by atoms with Crippen LogP contribution in [0.1, 0.15) is 15.9 Å². The van der Waals surface area contributed by atoms with Gasteiger partial charge in [-0.3, -0.25) is 9.78 Å². The molecule has 0 saturated heterocycles. The fraction of sp³-hybridized carbons (Fsp3) is 0.250. The van der Waals surface area contributed by atoms with Crippen molar-refractivity contribution in [3.05, 3.63) is 53.9 Å². The number of ether oxygens (including phenoxy) is 2. The minimum Gasteiger partial charge on any atom is -0.497 e. The van der Waals surface area contributed by atoms with Gasteiger partial charge >= 0.3 is 0 Å². The van der Waals surface area contributed by atoms with E-state index in [1.54, 1.807) is 38.7 Å². The fourth-order valence-corrected chi connectivity index (χ4v) is 1.97. The molecule has 1 amide bonds. The summed E-state index contributed by atoms with van der Waals surface area (Å²) in [5, 5.41) is 2.87. The molecule has 1 heterocycles. The number of nitrogens with zero attached hydrogens (tertiary/aromatic N) is 1. The summed E-state index contributed by atoms with van der Waals surface area (Å²) in [6.07, 6.45) is 3.88. The van der Waals surface area contributed by atoms with Crippen molar-refractivity contribution < 1.29 is 14.3 Å². The molecule has 0 radical (unpaired) electrons. The fourth-order valence-electron chi connectivity index (χ4n) is 1.97. The smallest absolute Gasteiger partial charge is 0.251 e. The highest BCUT2D eigenvalue weighted by atomic mass is 16.5. The molecule has 0 aliphatic carbocycles. The van der Waals surface area contributed by atoms with Gasteiger partial charge in [0, 0.05) is 30.6 Å². The number of pyridine rings is 1. The second kappa shape index (κ2) is 7.28. The number of benzene rings is 1. The number of amides is 1. The molecule has 0 aliphatic rings. The highest BCUT2D eigenvalue weighted by Crippen LogP contribution is 2.24. The van der Waals surface area contributed by atoms with Gasteiger partial charge in [0.25, 0.3) is 5.91 Å². The van der Waals surface area contributed by atoms with E-state index < -0.39 is 0 Å². The molecule has 0 saturated carbocycles. The highest BCUT2D eigenvalue weighted by molar-refractivity contribution is 5.93. The van der Waals surface area contributed by atoms with Crippen LogP contribution in [0.15, 0.2) is 42.7 Å². The van der Waals surface area contributed by atoms with E-state index >= 15 is 0 Å². The number of rotatable bonds is 6. The lowest BCUT2D eigenvalue weighted by Gasteiger charge is -2.11. The van der Waals surface area contributed by atoms with Crippen LogP contribution in [0.2, 0.25) is 0 Å². The summed E-state index contributed by atoms with van der Waals surface area (Å²) in [4.78, 5) is 15.8. The average Bonchev–Trinajstić information content (AvgIpc) is 2.55. The van der Waals surface area contributed by atoms with Crippen LogP contribution in [0.25, 0.3) is 0 Å². The van der Waals surface area contributed by atoms with E-state index in [0.717, 1.165) is 17.1 Å². The molecule has 2 rings (SSSR count). The Hall–Kier alpha value is -2.56. The number of carbonyl (C=O) groups is 1. The first-order valence-electron chi connectivity index (χ1n) is 6.63. The Bertz CT molecular complexity index is 600. The summed E-state index contributed by atoms with van der Waals surface area (Å²) < 4.78 is 10.5. The van der Waals surface area contributed by atoms with Crippen LogP contribution in [-0.2, 0) is 6.42 Å². The van der Waals surface area contributed by atoms with Crippen LogP contribution >= 0.6 is 0 Å². The quantitative estimate of drug-likeness (QED) is 0.883. The van der Waals surface area contributed by atoms with E-state index in [1.807, 2.05) is 18.2 Å². The predicted molar refractivity (Wildman–Crippen MR) is 79.8 cm³/mol. The first kappa shape index (κ1) is 14.8. The van der Waals surface area contributed by atoms with Crippen LogP contribution in [0.5, 0.6) is 11.5 Å².